The van der Waals surface area contributed by atoms with Gasteiger partial charge in [0, 0.05) is 36.0 Å². The molecule has 0 radical (unpaired) electrons. The molecule has 28 heavy (non-hydrogen) atoms. The maximum atomic E-state index is 12.9. The zero-order chi connectivity index (χ0) is 20.9. The summed E-state index contributed by atoms with van der Waals surface area (Å²) in [7, 11) is 0. The van der Waals surface area contributed by atoms with Gasteiger partial charge in [-0.25, -0.2) is 0 Å². The van der Waals surface area contributed by atoms with Gasteiger partial charge in [0.05, 0.1) is 6.42 Å². The van der Waals surface area contributed by atoms with E-state index in [1.54, 1.807) is 4.90 Å². The number of carboxylic acid groups (broad SMARTS) is 1. The third-order valence-corrected chi connectivity index (χ3v) is 5.54. The lowest BCUT2D eigenvalue weighted by Crippen LogP contribution is -2.44. The van der Waals surface area contributed by atoms with E-state index in [1.165, 1.54) is 0 Å². The minimum Gasteiger partial charge on any atom is -0.481 e. The Morgan fingerprint density at radius 3 is 2.75 bits per heavy atom. The molecule has 154 valence electrons. The van der Waals surface area contributed by atoms with E-state index in [9.17, 15) is 14.4 Å². The van der Waals surface area contributed by atoms with Crippen molar-refractivity contribution in [1.29, 1.82) is 5.41 Å². The van der Waals surface area contributed by atoms with Crippen molar-refractivity contribution >= 4 is 23.6 Å². The molecule has 2 aliphatic rings. The van der Waals surface area contributed by atoms with Crippen LogP contribution in [0.5, 0.6) is 0 Å². The number of rotatable bonds is 8. The monoisotopic (exact) mass is 390 g/mol. The number of aliphatic carboxylic acids is 1. The molecule has 3 atom stereocenters. The van der Waals surface area contributed by atoms with Gasteiger partial charge in [-0.3, -0.25) is 19.8 Å². The maximum Gasteiger partial charge on any atom is 0.305 e. The SMILES string of the molecule is CCC(CC(=O)O)NC(=O)CC1CCCN(C2=CCC(C)(C(=N)N)C=C2)C1=O. The van der Waals surface area contributed by atoms with Gasteiger partial charge in [-0.2, -0.15) is 0 Å². The van der Waals surface area contributed by atoms with Gasteiger partial charge in [0.15, 0.2) is 0 Å². The Labute approximate surface area is 165 Å². The second-order valence-electron chi connectivity index (χ2n) is 7.80. The molecule has 8 heteroatoms. The summed E-state index contributed by atoms with van der Waals surface area (Å²) in [6.07, 6.45) is 8.05. The first-order valence-corrected chi connectivity index (χ1v) is 9.72. The van der Waals surface area contributed by atoms with Gasteiger partial charge in [-0.05, 0) is 38.7 Å². The van der Waals surface area contributed by atoms with Crippen molar-refractivity contribution < 1.29 is 19.5 Å². The van der Waals surface area contributed by atoms with Crippen molar-refractivity contribution in [2.75, 3.05) is 6.54 Å². The summed E-state index contributed by atoms with van der Waals surface area (Å²) in [4.78, 5) is 37.8. The molecule has 0 aromatic heterocycles. The molecule has 0 aromatic carbocycles. The topological polar surface area (TPSA) is 137 Å². The lowest BCUT2D eigenvalue weighted by molar-refractivity contribution is -0.140. The number of nitrogens with one attached hydrogen (secondary N) is 2. The summed E-state index contributed by atoms with van der Waals surface area (Å²) in [5.41, 5.74) is 5.91. The van der Waals surface area contributed by atoms with Gasteiger partial charge in [0.1, 0.15) is 5.84 Å². The Morgan fingerprint density at radius 1 is 1.50 bits per heavy atom. The smallest absolute Gasteiger partial charge is 0.305 e. The largest absolute Gasteiger partial charge is 0.481 e. The average Bonchev–Trinajstić information content (AvgIpc) is 2.63. The molecule has 1 heterocycles. The van der Waals surface area contributed by atoms with Gasteiger partial charge in [-0.1, -0.05) is 19.1 Å². The van der Waals surface area contributed by atoms with Crippen molar-refractivity contribution in [2.24, 2.45) is 17.1 Å². The minimum atomic E-state index is -0.958. The second-order valence-corrected chi connectivity index (χ2v) is 7.80. The number of likely N-dealkylation sites (tertiary alicyclic amines) is 1. The number of piperidine rings is 1. The third-order valence-electron chi connectivity index (χ3n) is 5.54. The molecule has 1 aliphatic carbocycles. The molecular weight excluding hydrogens is 360 g/mol. The van der Waals surface area contributed by atoms with E-state index in [-0.39, 0.29) is 30.5 Å². The van der Waals surface area contributed by atoms with Crippen LogP contribution >= 0.6 is 0 Å². The van der Waals surface area contributed by atoms with E-state index >= 15 is 0 Å². The van der Waals surface area contributed by atoms with Crippen LogP contribution < -0.4 is 11.1 Å². The van der Waals surface area contributed by atoms with Crippen LogP contribution in [0.4, 0.5) is 0 Å². The van der Waals surface area contributed by atoms with E-state index < -0.39 is 23.3 Å². The number of amides is 2. The number of nitrogens with two attached hydrogens (primary N) is 1. The molecule has 8 nitrogen and oxygen atoms in total. The standard InChI is InChI=1S/C20H30N4O4/c1-3-14(12-17(26)27)23-16(25)11-13-5-4-10-24(18(13)28)15-6-8-20(2,9-7-15)19(21)22/h6-8,13-14H,3-5,9-12H2,1-2H3,(H3,21,22)(H,23,25)(H,26,27). The Bertz CT molecular complexity index is 715. The zero-order valence-corrected chi connectivity index (χ0v) is 16.5. The zero-order valence-electron chi connectivity index (χ0n) is 16.5. The van der Waals surface area contributed by atoms with E-state index in [1.807, 2.05) is 32.1 Å². The highest BCUT2D eigenvalue weighted by atomic mass is 16.4. The van der Waals surface area contributed by atoms with Crippen LogP contribution in [0.3, 0.4) is 0 Å². The predicted octanol–water partition coefficient (Wildman–Crippen LogP) is 1.77. The van der Waals surface area contributed by atoms with E-state index in [0.717, 1.165) is 12.1 Å². The molecule has 2 amide bonds. The quantitative estimate of drug-likeness (QED) is 0.370. The van der Waals surface area contributed by atoms with Crippen molar-refractivity contribution in [3.05, 3.63) is 23.9 Å². The van der Waals surface area contributed by atoms with Gasteiger partial charge in [0.25, 0.3) is 0 Å². The van der Waals surface area contributed by atoms with Crippen LogP contribution in [-0.2, 0) is 14.4 Å². The summed E-state index contributed by atoms with van der Waals surface area (Å²) in [5.74, 6) is -1.65. The number of nitrogens with zero attached hydrogens (tertiary/aromatic N) is 1. The van der Waals surface area contributed by atoms with Gasteiger partial charge in [-0.15, -0.1) is 0 Å². The fraction of sp³-hybridized carbons (Fsp3) is 0.600. The summed E-state index contributed by atoms with van der Waals surface area (Å²) in [6.45, 7) is 4.30. The Morgan fingerprint density at radius 2 is 2.21 bits per heavy atom. The maximum absolute atomic E-state index is 12.9. The highest BCUT2D eigenvalue weighted by molar-refractivity contribution is 5.88. The number of hydrogen-bond acceptors (Lipinski definition) is 4. The Kier molecular flexibility index (Phi) is 6.99. The number of carbonyl (C=O) groups excluding carboxylic acids is 2. The first kappa shape index (κ1) is 21.7. The van der Waals surface area contributed by atoms with Crippen molar-refractivity contribution in [3.8, 4) is 0 Å². The highest BCUT2D eigenvalue weighted by Crippen LogP contribution is 2.32. The van der Waals surface area contributed by atoms with Gasteiger partial charge in [0.2, 0.25) is 11.8 Å². The van der Waals surface area contributed by atoms with E-state index in [0.29, 0.717) is 25.8 Å². The van der Waals surface area contributed by atoms with Crippen LogP contribution in [-0.4, -0.2) is 46.2 Å². The van der Waals surface area contributed by atoms with Crippen molar-refractivity contribution in [3.63, 3.8) is 0 Å². The van der Waals surface area contributed by atoms with Crippen LogP contribution in [0, 0.1) is 16.7 Å². The molecule has 1 aliphatic heterocycles. The number of carboxylic acids is 1. The van der Waals surface area contributed by atoms with Crippen molar-refractivity contribution in [1.82, 2.24) is 10.2 Å². The van der Waals surface area contributed by atoms with Crippen LogP contribution in [0.15, 0.2) is 23.9 Å². The third kappa shape index (κ3) is 5.21. The summed E-state index contributed by atoms with van der Waals surface area (Å²) < 4.78 is 0. The summed E-state index contributed by atoms with van der Waals surface area (Å²) in [6, 6.07) is -0.423. The van der Waals surface area contributed by atoms with Crippen LogP contribution in [0.2, 0.25) is 0 Å². The predicted molar refractivity (Wildman–Crippen MR) is 105 cm³/mol. The number of amidine groups is 1. The average molecular weight is 390 g/mol. The van der Waals surface area contributed by atoms with Crippen molar-refractivity contribution in [2.45, 2.75) is 58.4 Å². The molecular formula is C20H30N4O4. The molecule has 0 spiro atoms. The lowest BCUT2D eigenvalue weighted by Gasteiger charge is -2.35. The molecule has 0 bridgehead atoms. The summed E-state index contributed by atoms with van der Waals surface area (Å²) >= 11 is 0. The first-order chi connectivity index (χ1) is 13.2. The van der Waals surface area contributed by atoms with Crippen LogP contribution in [0.25, 0.3) is 0 Å². The van der Waals surface area contributed by atoms with Gasteiger partial charge >= 0.3 is 5.97 Å². The molecule has 5 N–H and O–H groups in total. The summed E-state index contributed by atoms with van der Waals surface area (Å²) in [5, 5.41) is 19.3. The van der Waals surface area contributed by atoms with Crippen LogP contribution in [0.1, 0.15) is 52.4 Å². The molecule has 1 saturated heterocycles. The first-order valence-electron chi connectivity index (χ1n) is 9.72. The highest BCUT2D eigenvalue weighted by Gasteiger charge is 2.34. The normalized spacial score (nSPS) is 25.8. The van der Waals surface area contributed by atoms with E-state index in [4.69, 9.17) is 16.2 Å². The number of allylic oxidation sites excluding steroid dienone is 2. The number of carbonyl (C=O) groups is 3. The number of hydrogen-bond donors (Lipinski definition) is 4. The molecule has 1 fully saturated rings. The fourth-order valence-electron chi connectivity index (χ4n) is 3.54. The Balaban J connectivity index is 1.98. The second kappa shape index (κ2) is 9.03. The van der Waals surface area contributed by atoms with E-state index in [2.05, 4.69) is 5.32 Å². The molecule has 0 saturated carbocycles. The lowest BCUT2D eigenvalue weighted by atomic mass is 9.81. The molecule has 2 rings (SSSR count). The van der Waals surface area contributed by atoms with Gasteiger partial charge < -0.3 is 21.1 Å². The molecule has 3 unspecified atom stereocenters. The fourth-order valence-corrected chi connectivity index (χ4v) is 3.54. The Hall–Kier alpha value is -2.64. The minimum absolute atomic E-state index is 0.0631. The molecule has 0 aromatic rings.